The van der Waals surface area contributed by atoms with Gasteiger partial charge in [0.15, 0.2) is 0 Å². The quantitative estimate of drug-likeness (QED) is 0.706. The second kappa shape index (κ2) is 7.66. The molecule has 0 bridgehead atoms. The summed E-state index contributed by atoms with van der Waals surface area (Å²) in [6.07, 6.45) is 1.04. The number of fused-ring (bicyclic) bond motifs is 2. The van der Waals surface area contributed by atoms with Gasteiger partial charge in [-0.25, -0.2) is 0 Å². The van der Waals surface area contributed by atoms with Gasteiger partial charge in [0.05, 0.1) is 5.41 Å². The number of hydrogen-bond acceptors (Lipinski definition) is 2. The minimum atomic E-state index is -0.867. The highest BCUT2D eigenvalue weighted by Gasteiger charge is 2.58. The number of nitrogens with one attached hydrogen (secondary N) is 2. The maximum absolute atomic E-state index is 13.7. The van der Waals surface area contributed by atoms with Crippen LogP contribution in [0, 0.1) is 11.8 Å². The van der Waals surface area contributed by atoms with Crippen molar-refractivity contribution in [3.63, 3.8) is 0 Å². The van der Waals surface area contributed by atoms with Gasteiger partial charge in [0.1, 0.15) is 0 Å². The van der Waals surface area contributed by atoms with E-state index in [4.69, 9.17) is 23.2 Å². The van der Waals surface area contributed by atoms with Gasteiger partial charge < -0.3 is 10.6 Å². The zero-order chi connectivity index (χ0) is 20.8. The van der Waals surface area contributed by atoms with Crippen LogP contribution in [0.2, 0.25) is 10.0 Å². The molecule has 1 saturated heterocycles. The van der Waals surface area contributed by atoms with E-state index in [9.17, 15) is 9.59 Å². The molecule has 2 aliphatic rings. The van der Waals surface area contributed by atoms with E-state index < -0.39 is 5.41 Å². The van der Waals surface area contributed by atoms with Crippen LogP contribution in [0.5, 0.6) is 0 Å². The van der Waals surface area contributed by atoms with E-state index in [1.165, 1.54) is 0 Å². The first-order chi connectivity index (χ1) is 13.8. The standard InChI is InChI=1S/C23H24Cl2N2O2/c1-13(2)8-15-12-26-21(28)11-19(14-4-3-5-16(24)9-14)23(15)18-7-6-17(25)10-20(18)27-22(23)29/h3-7,9-10,13,15,19H,8,11-12H2,1-2H3,(H,26,28)(H,27,29)/t15-,19-,23-/m0/s1. The van der Waals surface area contributed by atoms with E-state index in [0.717, 1.165) is 23.2 Å². The highest BCUT2D eigenvalue weighted by molar-refractivity contribution is 6.31. The lowest BCUT2D eigenvalue weighted by Gasteiger charge is -2.41. The Balaban J connectivity index is 1.99. The van der Waals surface area contributed by atoms with Crippen molar-refractivity contribution in [2.45, 2.75) is 38.0 Å². The first kappa shape index (κ1) is 20.2. The molecule has 1 spiro atoms. The van der Waals surface area contributed by atoms with Crippen molar-refractivity contribution < 1.29 is 9.59 Å². The lowest BCUT2D eigenvalue weighted by Crippen LogP contribution is -2.48. The molecule has 6 heteroatoms. The summed E-state index contributed by atoms with van der Waals surface area (Å²) in [6.45, 7) is 4.75. The molecule has 2 amide bonds. The first-order valence-electron chi connectivity index (χ1n) is 9.96. The molecule has 4 rings (SSSR count). The largest absolute Gasteiger partial charge is 0.356 e. The molecule has 0 radical (unpaired) electrons. The van der Waals surface area contributed by atoms with Crippen LogP contribution >= 0.6 is 23.2 Å². The van der Waals surface area contributed by atoms with Crippen LogP contribution in [0.4, 0.5) is 5.69 Å². The van der Waals surface area contributed by atoms with Crippen molar-refractivity contribution in [2.24, 2.45) is 11.8 Å². The molecule has 29 heavy (non-hydrogen) atoms. The zero-order valence-corrected chi connectivity index (χ0v) is 18.0. The normalized spacial score (nSPS) is 26.2. The molecule has 0 unspecified atom stereocenters. The van der Waals surface area contributed by atoms with Gasteiger partial charge >= 0.3 is 0 Å². The monoisotopic (exact) mass is 430 g/mol. The van der Waals surface area contributed by atoms with Crippen molar-refractivity contribution in [1.82, 2.24) is 5.32 Å². The van der Waals surface area contributed by atoms with E-state index in [-0.39, 0.29) is 30.1 Å². The summed E-state index contributed by atoms with van der Waals surface area (Å²) >= 11 is 12.5. The SMILES string of the molecule is CC(C)C[C@H]1CNC(=O)C[C@@H](c2cccc(Cl)c2)[C@]12C(=O)Nc1cc(Cl)ccc12. The average molecular weight is 431 g/mol. The molecule has 2 aliphatic heterocycles. The Morgan fingerprint density at radius 3 is 2.59 bits per heavy atom. The maximum atomic E-state index is 13.7. The lowest BCUT2D eigenvalue weighted by molar-refractivity contribution is -0.124. The minimum Gasteiger partial charge on any atom is -0.356 e. The number of hydrogen-bond donors (Lipinski definition) is 2. The third-order valence-corrected chi connectivity index (χ3v) is 6.66. The molecule has 3 atom stereocenters. The maximum Gasteiger partial charge on any atom is 0.236 e. The number of rotatable bonds is 3. The van der Waals surface area contributed by atoms with Crippen molar-refractivity contribution in [1.29, 1.82) is 0 Å². The van der Waals surface area contributed by atoms with Gasteiger partial charge in [0, 0.05) is 34.6 Å². The smallest absolute Gasteiger partial charge is 0.236 e. The fourth-order valence-corrected chi connectivity index (χ4v) is 5.49. The predicted molar refractivity (Wildman–Crippen MR) is 117 cm³/mol. The molecule has 1 fully saturated rings. The second-order valence-corrected chi connectivity index (χ2v) is 9.33. The van der Waals surface area contributed by atoms with E-state index in [1.807, 2.05) is 36.4 Å². The number of anilines is 1. The minimum absolute atomic E-state index is 0.0455. The summed E-state index contributed by atoms with van der Waals surface area (Å²) < 4.78 is 0. The summed E-state index contributed by atoms with van der Waals surface area (Å²) in [4.78, 5) is 26.4. The molecular formula is C23H24Cl2N2O2. The highest BCUT2D eigenvalue weighted by Crippen LogP contribution is 2.55. The Bertz CT molecular complexity index is 975. The van der Waals surface area contributed by atoms with E-state index in [0.29, 0.717) is 22.5 Å². The average Bonchev–Trinajstić information content (AvgIpc) is 2.85. The number of carbonyl (C=O) groups is 2. The molecule has 2 N–H and O–H groups in total. The molecule has 0 aromatic heterocycles. The van der Waals surface area contributed by atoms with Gasteiger partial charge in [-0.05, 0) is 53.6 Å². The zero-order valence-electron chi connectivity index (χ0n) is 16.5. The van der Waals surface area contributed by atoms with Crippen LogP contribution in [0.1, 0.15) is 43.7 Å². The van der Waals surface area contributed by atoms with Crippen LogP contribution in [-0.4, -0.2) is 18.4 Å². The van der Waals surface area contributed by atoms with Gasteiger partial charge in [-0.15, -0.1) is 0 Å². The Labute approximate surface area is 181 Å². The van der Waals surface area contributed by atoms with Gasteiger partial charge in [-0.3, -0.25) is 9.59 Å². The topological polar surface area (TPSA) is 58.2 Å². The first-order valence-corrected chi connectivity index (χ1v) is 10.7. The Hall–Kier alpha value is -2.04. The Morgan fingerprint density at radius 2 is 1.86 bits per heavy atom. The number of amides is 2. The number of halogens is 2. The molecule has 0 saturated carbocycles. The molecule has 2 aromatic carbocycles. The van der Waals surface area contributed by atoms with E-state index in [2.05, 4.69) is 24.5 Å². The predicted octanol–water partition coefficient (Wildman–Crippen LogP) is 5.15. The molecular weight excluding hydrogens is 407 g/mol. The molecule has 0 aliphatic carbocycles. The highest BCUT2D eigenvalue weighted by atomic mass is 35.5. The molecule has 2 aromatic rings. The molecule has 2 heterocycles. The van der Waals surface area contributed by atoms with Crippen molar-refractivity contribution in [3.05, 3.63) is 63.6 Å². The number of benzene rings is 2. The van der Waals surface area contributed by atoms with Gasteiger partial charge in [0.25, 0.3) is 0 Å². The van der Waals surface area contributed by atoms with Crippen molar-refractivity contribution >= 4 is 40.7 Å². The summed E-state index contributed by atoms with van der Waals surface area (Å²) in [5.74, 6) is -0.121. The second-order valence-electron chi connectivity index (χ2n) is 8.46. The van der Waals surface area contributed by atoms with Crippen molar-refractivity contribution in [2.75, 3.05) is 11.9 Å². The third kappa shape index (κ3) is 3.43. The molecule has 4 nitrogen and oxygen atoms in total. The van der Waals surface area contributed by atoms with E-state index >= 15 is 0 Å². The van der Waals surface area contributed by atoms with Crippen LogP contribution in [0.3, 0.4) is 0 Å². The van der Waals surface area contributed by atoms with Crippen molar-refractivity contribution in [3.8, 4) is 0 Å². The lowest BCUT2D eigenvalue weighted by atomic mass is 9.59. The summed E-state index contributed by atoms with van der Waals surface area (Å²) in [5.41, 5.74) is 1.69. The van der Waals surface area contributed by atoms with E-state index in [1.54, 1.807) is 6.07 Å². The van der Waals surface area contributed by atoms with Gasteiger partial charge in [0.2, 0.25) is 11.8 Å². The third-order valence-electron chi connectivity index (χ3n) is 6.19. The Morgan fingerprint density at radius 1 is 1.10 bits per heavy atom. The summed E-state index contributed by atoms with van der Waals surface area (Å²) in [5, 5.41) is 7.28. The number of carbonyl (C=O) groups excluding carboxylic acids is 2. The summed E-state index contributed by atoms with van der Waals surface area (Å²) in [6, 6.07) is 13.1. The van der Waals surface area contributed by atoms with Gasteiger partial charge in [-0.2, -0.15) is 0 Å². The van der Waals surface area contributed by atoms with Gasteiger partial charge in [-0.1, -0.05) is 55.2 Å². The van der Waals surface area contributed by atoms with Crippen LogP contribution in [-0.2, 0) is 15.0 Å². The summed E-state index contributed by atoms with van der Waals surface area (Å²) in [7, 11) is 0. The van der Waals surface area contributed by atoms with Crippen LogP contribution < -0.4 is 10.6 Å². The fourth-order valence-electron chi connectivity index (χ4n) is 5.12. The fraction of sp³-hybridized carbons (Fsp3) is 0.391. The van der Waals surface area contributed by atoms with Crippen LogP contribution in [0.15, 0.2) is 42.5 Å². The Kier molecular flexibility index (Phi) is 5.34. The molecule has 152 valence electrons. The van der Waals surface area contributed by atoms with Crippen LogP contribution in [0.25, 0.3) is 0 Å².